The first kappa shape index (κ1) is 11.4. The van der Waals surface area contributed by atoms with Gasteiger partial charge < -0.3 is 10.1 Å². The summed E-state index contributed by atoms with van der Waals surface area (Å²) in [4.78, 5) is 8.31. The Morgan fingerprint density at radius 2 is 2.24 bits per heavy atom. The second-order valence-corrected chi connectivity index (χ2v) is 3.58. The number of hydrogen-bond donors (Lipinski definition) is 1. The Kier molecular flexibility index (Phi) is 3.91. The Labute approximate surface area is 101 Å². The van der Waals surface area contributed by atoms with Crippen molar-refractivity contribution in [2.75, 3.05) is 19.0 Å². The summed E-state index contributed by atoms with van der Waals surface area (Å²) in [6.45, 7) is 0.603. The van der Waals surface area contributed by atoms with E-state index in [1.54, 1.807) is 18.6 Å². The molecule has 17 heavy (non-hydrogen) atoms. The fourth-order valence-corrected chi connectivity index (χ4v) is 1.45. The van der Waals surface area contributed by atoms with Gasteiger partial charge in [0.25, 0.3) is 0 Å². The van der Waals surface area contributed by atoms with E-state index in [-0.39, 0.29) is 0 Å². The van der Waals surface area contributed by atoms with Crippen LogP contribution in [-0.2, 0) is 6.42 Å². The van der Waals surface area contributed by atoms with Crippen LogP contribution >= 0.6 is 0 Å². The van der Waals surface area contributed by atoms with Gasteiger partial charge in [0.15, 0.2) is 0 Å². The molecule has 1 N–H and O–H groups in total. The smallest absolute Gasteiger partial charge is 0.139 e. The van der Waals surface area contributed by atoms with Crippen molar-refractivity contribution < 1.29 is 4.74 Å². The minimum Gasteiger partial charge on any atom is -0.491 e. The lowest BCUT2D eigenvalue weighted by Gasteiger charge is -2.06. The number of rotatable bonds is 5. The van der Waals surface area contributed by atoms with Crippen molar-refractivity contribution in [1.29, 1.82) is 0 Å². The minimum absolute atomic E-state index is 0.603. The van der Waals surface area contributed by atoms with Gasteiger partial charge in [0, 0.05) is 31.4 Å². The van der Waals surface area contributed by atoms with E-state index >= 15 is 0 Å². The van der Waals surface area contributed by atoms with E-state index in [9.17, 15) is 0 Å². The fourth-order valence-electron chi connectivity index (χ4n) is 1.45. The third kappa shape index (κ3) is 3.45. The zero-order chi connectivity index (χ0) is 11.9. The topological polar surface area (TPSA) is 47.0 Å². The lowest BCUT2D eigenvalue weighted by atomic mass is 10.3. The molecule has 0 spiro atoms. The van der Waals surface area contributed by atoms with Crippen molar-refractivity contribution in [3.8, 4) is 5.75 Å². The molecule has 0 saturated heterocycles. The first-order valence-corrected chi connectivity index (χ1v) is 5.54. The normalized spacial score (nSPS) is 9.94. The lowest BCUT2D eigenvalue weighted by molar-refractivity contribution is 0.319. The van der Waals surface area contributed by atoms with Gasteiger partial charge in [-0.25, -0.2) is 0 Å². The van der Waals surface area contributed by atoms with E-state index in [4.69, 9.17) is 4.74 Å². The van der Waals surface area contributed by atoms with Crippen LogP contribution in [0.5, 0.6) is 5.75 Å². The Bertz CT molecular complexity index is 459. The van der Waals surface area contributed by atoms with Gasteiger partial charge in [-0.15, -0.1) is 0 Å². The van der Waals surface area contributed by atoms with Crippen LogP contribution in [0.15, 0.2) is 42.9 Å². The van der Waals surface area contributed by atoms with Crippen molar-refractivity contribution in [3.63, 3.8) is 0 Å². The van der Waals surface area contributed by atoms with Crippen LogP contribution in [0, 0.1) is 0 Å². The third-order valence-electron chi connectivity index (χ3n) is 2.35. The largest absolute Gasteiger partial charge is 0.491 e. The first-order valence-electron chi connectivity index (χ1n) is 5.54. The zero-order valence-electron chi connectivity index (χ0n) is 9.76. The molecule has 2 aromatic heterocycles. The van der Waals surface area contributed by atoms with Crippen molar-refractivity contribution in [2.24, 2.45) is 0 Å². The molecule has 0 aromatic carbocycles. The van der Waals surface area contributed by atoms with Crippen molar-refractivity contribution in [3.05, 3.63) is 48.5 Å². The second-order valence-electron chi connectivity index (χ2n) is 3.58. The molecule has 2 rings (SSSR count). The van der Waals surface area contributed by atoms with Crippen molar-refractivity contribution >= 4 is 5.69 Å². The van der Waals surface area contributed by atoms with Crippen molar-refractivity contribution in [1.82, 2.24) is 9.97 Å². The highest BCUT2D eigenvalue weighted by Crippen LogP contribution is 2.14. The summed E-state index contributed by atoms with van der Waals surface area (Å²) in [5, 5.41) is 3.02. The van der Waals surface area contributed by atoms with Gasteiger partial charge in [0.1, 0.15) is 5.75 Å². The average Bonchev–Trinajstić information content (AvgIpc) is 2.40. The number of nitrogens with one attached hydrogen (secondary N) is 1. The monoisotopic (exact) mass is 229 g/mol. The third-order valence-corrected chi connectivity index (χ3v) is 2.35. The molecule has 2 aromatic rings. The molecule has 0 amide bonds. The van der Waals surface area contributed by atoms with E-state index < -0.39 is 0 Å². The van der Waals surface area contributed by atoms with E-state index in [0.717, 1.165) is 23.6 Å². The molecule has 0 unspecified atom stereocenters. The molecule has 2 heterocycles. The molecule has 0 saturated carbocycles. The molecular formula is C13H15N3O. The molecule has 4 heteroatoms. The van der Waals surface area contributed by atoms with Crippen LogP contribution in [0.1, 0.15) is 5.69 Å². The highest BCUT2D eigenvalue weighted by atomic mass is 16.5. The van der Waals surface area contributed by atoms with Crippen LogP contribution in [0.4, 0.5) is 5.69 Å². The van der Waals surface area contributed by atoms with Crippen LogP contribution < -0.4 is 10.1 Å². The predicted molar refractivity (Wildman–Crippen MR) is 67.2 cm³/mol. The summed E-state index contributed by atoms with van der Waals surface area (Å²) in [5.74, 6) is 0.771. The summed E-state index contributed by atoms with van der Waals surface area (Å²) in [5.41, 5.74) is 1.98. The van der Waals surface area contributed by atoms with Gasteiger partial charge >= 0.3 is 0 Å². The number of aromatic nitrogens is 2. The minimum atomic E-state index is 0.603. The Balaban J connectivity index is 1.86. The highest BCUT2D eigenvalue weighted by molar-refractivity contribution is 5.44. The Morgan fingerprint density at radius 1 is 1.29 bits per heavy atom. The summed E-state index contributed by atoms with van der Waals surface area (Å²) < 4.78 is 5.61. The summed E-state index contributed by atoms with van der Waals surface area (Å²) >= 11 is 0. The van der Waals surface area contributed by atoms with E-state index in [0.29, 0.717) is 6.61 Å². The summed E-state index contributed by atoms with van der Waals surface area (Å²) in [6.07, 6.45) is 6.05. The second kappa shape index (κ2) is 5.84. The standard InChI is InChI=1S/C13H15N3O/c1-14-12-8-13(10-15-9-12)17-7-5-11-4-2-3-6-16-11/h2-4,6,8-10,14H,5,7H2,1H3. The number of hydrogen-bond acceptors (Lipinski definition) is 4. The lowest BCUT2D eigenvalue weighted by Crippen LogP contribution is -2.03. The van der Waals surface area contributed by atoms with Gasteiger partial charge in [-0.05, 0) is 12.1 Å². The Morgan fingerprint density at radius 3 is 3.00 bits per heavy atom. The molecule has 88 valence electrons. The molecule has 0 aliphatic carbocycles. The maximum atomic E-state index is 5.61. The SMILES string of the molecule is CNc1cncc(OCCc2ccccn2)c1. The van der Waals surface area contributed by atoms with E-state index in [1.807, 2.05) is 31.3 Å². The maximum Gasteiger partial charge on any atom is 0.139 e. The van der Waals surface area contributed by atoms with Crippen LogP contribution in [0.25, 0.3) is 0 Å². The van der Waals surface area contributed by atoms with Gasteiger partial charge in [-0.3, -0.25) is 9.97 Å². The number of pyridine rings is 2. The van der Waals surface area contributed by atoms with Gasteiger partial charge in [0.05, 0.1) is 24.7 Å². The average molecular weight is 229 g/mol. The van der Waals surface area contributed by atoms with Crippen LogP contribution in [0.3, 0.4) is 0 Å². The molecular weight excluding hydrogens is 214 g/mol. The fraction of sp³-hybridized carbons (Fsp3) is 0.231. The first-order chi connectivity index (χ1) is 8.38. The number of nitrogens with zero attached hydrogens (tertiary/aromatic N) is 2. The molecule has 0 radical (unpaired) electrons. The molecule has 0 aliphatic heterocycles. The number of ether oxygens (including phenoxy) is 1. The molecule has 0 aliphatic rings. The maximum absolute atomic E-state index is 5.61. The molecule has 0 atom stereocenters. The quantitative estimate of drug-likeness (QED) is 0.853. The molecule has 0 fully saturated rings. The zero-order valence-corrected chi connectivity index (χ0v) is 9.76. The van der Waals surface area contributed by atoms with Gasteiger partial charge in [0.2, 0.25) is 0 Å². The van der Waals surface area contributed by atoms with Crippen LogP contribution in [0.2, 0.25) is 0 Å². The molecule has 0 bridgehead atoms. The molecule has 4 nitrogen and oxygen atoms in total. The van der Waals surface area contributed by atoms with Crippen molar-refractivity contribution in [2.45, 2.75) is 6.42 Å². The highest BCUT2D eigenvalue weighted by Gasteiger charge is 1.97. The van der Waals surface area contributed by atoms with Gasteiger partial charge in [-0.2, -0.15) is 0 Å². The number of anilines is 1. The summed E-state index contributed by atoms with van der Waals surface area (Å²) in [6, 6.07) is 7.80. The van der Waals surface area contributed by atoms with E-state index in [1.165, 1.54) is 0 Å². The Hall–Kier alpha value is -2.10. The van der Waals surface area contributed by atoms with E-state index in [2.05, 4.69) is 15.3 Å². The summed E-state index contributed by atoms with van der Waals surface area (Å²) in [7, 11) is 1.86. The van der Waals surface area contributed by atoms with Crippen LogP contribution in [-0.4, -0.2) is 23.6 Å². The van der Waals surface area contributed by atoms with Gasteiger partial charge in [-0.1, -0.05) is 6.07 Å². The predicted octanol–water partition coefficient (Wildman–Crippen LogP) is 2.14.